The Labute approximate surface area is 189 Å². The van der Waals surface area contributed by atoms with Crippen LogP contribution >= 0.6 is 0 Å². The van der Waals surface area contributed by atoms with Gasteiger partial charge >= 0.3 is 11.7 Å². The van der Waals surface area contributed by atoms with Crippen molar-refractivity contribution in [3.05, 3.63) is 44.1 Å². The monoisotopic (exact) mass is 459 g/mol. The number of aliphatic hydroxyl groups excluding tert-OH is 2. The van der Waals surface area contributed by atoms with Gasteiger partial charge in [-0.2, -0.15) is 4.98 Å². The normalized spacial score (nSPS) is 12.5. The van der Waals surface area contributed by atoms with E-state index in [1.54, 1.807) is 0 Å². The summed E-state index contributed by atoms with van der Waals surface area (Å²) in [6, 6.07) is 3.79. The van der Waals surface area contributed by atoms with Crippen molar-refractivity contribution >= 4 is 17.0 Å². The highest BCUT2D eigenvalue weighted by Gasteiger charge is 2.19. The number of hydrogen-bond acceptors (Lipinski definition) is 8. The Bertz CT molecular complexity index is 1200. The highest BCUT2D eigenvalue weighted by Crippen LogP contribution is 2.25. The number of unbranched alkanes of at least 4 members (excludes halogenated alkanes) is 3. The molecule has 2 heterocycles. The predicted molar refractivity (Wildman–Crippen MR) is 121 cm³/mol. The first-order valence-electron chi connectivity index (χ1n) is 11.0. The zero-order valence-electron chi connectivity index (χ0n) is 18.5. The lowest BCUT2D eigenvalue weighted by Gasteiger charge is -2.19. The predicted octanol–water partition coefficient (Wildman–Crippen LogP) is 0.371. The summed E-state index contributed by atoms with van der Waals surface area (Å²) in [5.74, 6) is -0.606. The lowest BCUT2D eigenvalue weighted by Crippen LogP contribution is -2.29. The molecule has 1 aromatic carbocycles. The van der Waals surface area contributed by atoms with Crippen molar-refractivity contribution in [3.63, 3.8) is 0 Å². The van der Waals surface area contributed by atoms with E-state index in [0.717, 1.165) is 29.5 Å². The number of fused-ring (bicyclic) bond motifs is 2. The Kier molecular flexibility index (Phi) is 8.26. The van der Waals surface area contributed by atoms with Crippen molar-refractivity contribution in [2.75, 3.05) is 13.2 Å². The summed E-state index contributed by atoms with van der Waals surface area (Å²) in [5.41, 5.74) is 1.94. The molecule has 1 aromatic rings. The Balaban J connectivity index is 1.95. The van der Waals surface area contributed by atoms with Gasteiger partial charge in [-0.25, -0.2) is 9.78 Å². The van der Waals surface area contributed by atoms with E-state index >= 15 is 0 Å². The second-order valence-electron chi connectivity index (χ2n) is 8.10. The van der Waals surface area contributed by atoms with Crippen LogP contribution in [0, 0.1) is 6.92 Å². The molecule has 0 spiro atoms. The van der Waals surface area contributed by atoms with Gasteiger partial charge in [-0.15, -0.1) is 0 Å². The average Bonchev–Trinajstić information content (AvgIpc) is 2.76. The minimum absolute atomic E-state index is 0.0873. The minimum Gasteiger partial charge on any atom is -0.481 e. The summed E-state index contributed by atoms with van der Waals surface area (Å²) in [6.07, 6.45) is 2.13. The number of nitrogens with zero attached hydrogens (tertiary/aromatic N) is 3. The molecule has 1 atom stereocenters. The van der Waals surface area contributed by atoms with Crippen LogP contribution in [0.4, 0.5) is 0 Å². The van der Waals surface area contributed by atoms with Crippen LogP contribution in [-0.2, 0) is 17.9 Å². The third kappa shape index (κ3) is 6.21. The van der Waals surface area contributed by atoms with Gasteiger partial charge in [-0.05, 0) is 43.0 Å². The van der Waals surface area contributed by atoms with E-state index in [-0.39, 0.29) is 31.1 Å². The number of aromatic amines is 1. The van der Waals surface area contributed by atoms with Crippen LogP contribution in [-0.4, -0.2) is 60.1 Å². The molecular weight excluding hydrogens is 430 g/mol. The third-order valence-corrected chi connectivity index (χ3v) is 5.50. The summed E-state index contributed by atoms with van der Waals surface area (Å²) in [5, 5.41) is 30.4. The van der Waals surface area contributed by atoms with Gasteiger partial charge in [0.15, 0.2) is 11.5 Å². The number of aromatic nitrogens is 4. The maximum atomic E-state index is 12.4. The number of H-pyrrole nitrogens is 1. The van der Waals surface area contributed by atoms with Crippen LogP contribution in [0.1, 0.15) is 43.2 Å². The number of benzene rings is 1. The number of carbonyl (C=O) groups is 1. The van der Waals surface area contributed by atoms with Gasteiger partial charge in [0.05, 0.1) is 23.7 Å². The number of carboxylic acids is 1. The highest BCUT2D eigenvalue weighted by molar-refractivity contribution is 5.81. The number of aliphatic hydroxyl groups is 2. The molecule has 0 bridgehead atoms. The first kappa shape index (κ1) is 24.5. The first-order valence-corrected chi connectivity index (χ1v) is 11.0. The summed E-state index contributed by atoms with van der Waals surface area (Å²) >= 11 is 0. The minimum atomic E-state index is -0.853. The summed E-state index contributed by atoms with van der Waals surface area (Å²) in [7, 11) is 0. The van der Waals surface area contributed by atoms with Gasteiger partial charge in [0.1, 0.15) is 0 Å². The van der Waals surface area contributed by atoms with Crippen molar-refractivity contribution in [3.8, 4) is 11.5 Å². The van der Waals surface area contributed by atoms with Gasteiger partial charge in [-0.1, -0.05) is 12.8 Å². The fourth-order valence-electron chi connectivity index (χ4n) is 3.74. The van der Waals surface area contributed by atoms with E-state index in [9.17, 15) is 19.5 Å². The molecule has 0 aliphatic carbocycles. The van der Waals surface area contributed by atoms with Crippen molar-refractivity contribution in [2.24, 2.45) is 0 Å². The average molecular weight is 460 g/mol. The molecule has 5 N–H and O–H groups in total. The van der Waals surface area contributed by atoms with Gasteiger partial charge in [0, 0.05) is 26.1 Å². The van der Waals surface area contributed by atoms with Crippen LogP contribution in [0.15, 0.2) is 21.7 Å². The largest absolute Gasteiger partial charge is 0.481 e. The van der Waals surface area contributed by atoms with E-state index in [0.29, 0.717) is 31.4 Å². The zero-order chi connectivity index (χ0) is 24.0. The Morgan fingerprint density at radius 2 is 1.94 bits per heavy atom. The van der Waals surface area contributed by atoms with Gasteiger partial charge in [-0.3, -0.25) is 14.6 Å². The van der Waals surface area contributed by atoms with Crippen LogP contribution < -0.4 is 16.6 Å². The van der Waals surface area contributed by atoms with Crippen molar-refractivity contribution in [1.82, 2.24) is 24.8 Å². The second-order valence-corrected chi connectivity index (χ2v) is 8.10. The van der Waals surface area contributed by atoms with Crippen molar-refractivity contribution in [2.45, 2.75) is 58.2 Å². The smallest absolute Gasteiger partial charge is 0.349 e. The SMILES string of the molecule is Cc1cc2nc3c(=O)[nH]c(=O)nc-3n(CCCCCCC(=O)O)c2cc1CNCC(O)CO. The summed E-state index contributed by atoms with van der Waals surface area (Å²) in [6.45, 7) is 2.75. The third-order valence-electron chi connectivity index (χ3n) is 5.50. The molecule has 3 rings (SSSR count). The maximum absolute atomic E-state index is 12.4. The first-order chi connectivity index (χ1) is 15.8. The summed E-state index contributed by atoms with van der Waals surface area (Å²) < 4.78 is 1.82. The Hall–Kier alpha value is -3.15. The molecule has 11 nitrogen and oxygen atoms in total. The topological polar surface area (TPSA) is 170 Å². The van der Waals surface area contributed by atoms with Crippen molar-refractivity contribution < 1.29 is 20.1 Å². The second kappa shape index (κ2) is 11.1. The molecule has 11 heteroatoms. The van der Waals surface area contributed by atoms with Crippen LogP contribution in [0.25, 0.3) is 22.6 Å². The molecule has 0 saturated heterocycles. The standard InChI is InChI=1S/C22H29N5O6/c1-13-8-16-17(9-14(13)10-23-11-15(29)12-28)27(7-5-3-2-4-6-18(30)31)20-19(24-16)21(32)26-22(33)25-20/h8-9,15,23,28-29H,2-7,10-12H2,1H3,(H,30,31)(H,26,32,33). The molecule has 33 heavy (non-hydrogen) atoms. The molecule has 0 aromatic heterocycles. The molecule has 0 fully saturated rings. The number of hydrogen-bond donors (Lipinski definition) is 5. The van der Waals surface area contributed by atoms with E-state index < -0.39 is 23.3 Å². The van der Waals surface area contributed by atoms with E-state index in [1.807, 2.05) is 23.6 Å². The van der Waals surface area contributed by atoms with Gasteiger partial charge < -0.3 is 25.2 Å². The number of aliphatic carboxylic acids is 1. The molecule has 178 valence electrons. The van der Waals surface area contributed by atoms with Crippen molar-refractivity contribution in [1.29, 1.82) is 0 Å². The Morgan fingerprint density at radius 1 is 1.18 bits per heavy atom. The highest BCUT2D eigenvalue weighted by atomic mass is 16.4. The maximum Gasteiger partial charge on any atom is 0.349 e. The summed E-state index contributed by atoms with van der Waals surface area (Å²) in [4.78, 5) is 45.6. The number of aryl methyl sites for hydroxylation is 2. The zero-order valence-corrected chi connectivity index (χ0v) is 18.5. The molecule has 2 aliphatic heterocycles. The van der Waals surface area contributed by atoms with Crippen LogP contribution in [0.2, 0.25) is 0 Å². The van der Waals surface area contributed by atoms with Gasteiger partial charge in [0.2, 0.25) is 0 Å². The molecule has 0 amide bonds. The molecule has 2 aliphatic rings. The number of nitrogens with one attached hydrogen (secondary N) is 2. The van der Waals surface area contributed by atoms with Gasteiger partial charge in [0.25, 0.3) is 5.56 Å². The lowest BCUT2D eigenvalue weighted by molar-refractivity contribution is -0.137. The van der Waals surface area contributed by atoms with Crippen LogP contribution in [0.3, 0.4) is 0 Å². The quantitative estimate of drug-likeness (QED) is 0.190. The lowest BCUT2D eigenvalue weighted by atomic mass is 10.1. The van der Waals surface area contributed by atoms with E-state index in [4.69, 9.17) is 10.2 Å². The Morgan fingerprint density at radius 3 is 2.67 bits per heavy atom. The molecule has 0 saturated carbocycles. The van der Waals surface area contributed by atoms with Crippen LogP contribution in [0.5, 0.6) is 0 Å². The number of carboxylic acid groups (broad SMARTS) is 1. The fourth-order valence-corrected chi connectivity index (χ4v) is 3.74. The molecular formula is C22H29N5O6. The number of rotatable bonds is 12. The molecule has 0 radical (unpaired) electrons. The molecule has 1 unspecified atom stereocenters. The fraction of sp³-hybridized carbons (Fsp3) is 0.500. The van der Waals surface area contributed by atoms with E-state index in [1.165, 1.54) is 0 Å². The van der Waals surface area contributed by atoms with E-state index in [2.05, 4.69) is 20.3 Å².